The Kier molecular flexibility index (Phi) is 2.59. The Balaban J connectivity index is 1.79. The van der Waals surface area contributed by atoms with E-state index in [-0.39, 0.29) is 0 Å². The molecule has 0 aliphatic heterocycles. The Bertz CT molecular complexity index is 247. The Morgan fingerprint density at radius 2 is 2.54 bits per heavy atom. The number of aromatic nitrogens is 2. The zero-order valence-corrected chi connectivity index (χ0v) is 7.86. The molecule has 0 radical (unpaired) electrons. The van der Waals surface area contributed by atoms with E-state index in [0.29, 0.717) is 6.04 Å². The van der Waals surface area contributed by atoms with Crippen LogP contribution in [0.25, 0.3) is 0 Å². The quantitative estimate of drug-likeness (QED) is 0.764. The van der Waals surface area contributed by atoms with Crippen molar-refractivity contribution in [2.75, 3.05) is 0 Å². The molecule has 13 heavy (non-hydrogen) atoms. The second-order valence-electron chi connectivity index (χ2n) is 3.74. The highest BCUT2D eigenvalue weighted by Gasteiger charge is 2.22. The molecule has 0 aromatic carbocycles. The molecular weight excluding hydrogens is 166 g/mol. The first-order valence-corrected chi connectivity index (χ1v) is 4.85. The number of nitrogens with zero attached hydrogens (tertiary/aromatic N) is 2. The van der Waals surface area contributed by atoms with Gasteiger partial charge in [0, 0.05) is 6.04 Å². The lowest BCUT2D eigenvalue weighted by atomic mass is 10.1. The van der Waals surface area contributed by atoms with Gasteiger partial charge >= 0.3 is 0 Å². The first-order valence-electron chi connectivity index (χ1n) is 4.85. The lowest BCUT2D eigenvalue weighted by Crippen LogP contribution is -2.30. The third kappa shape index (κ3) is 2.06. The molecule has 0 amide bonds. The largest absolute Gasteiger partial charge is 0.343 e. The summed E-state index contributed by atoms with van der Waals surface area (Å²) in [6, 6.07) is 0.637. The van der Waals surface area contributed by atoms with Crippen LogP contribution in [0, 0.1) is 5.92 Å². The average Bonchev–Trinajstić information content (AvgIpc) is 2.72. The summed E-state index contributed by atoms with van der Waals surface area (Å²) in [5.41, 5.74) is 0. The van der Waals surface area contributed by atoms with E-state index < -0.39 is 0 Å². The number of hydrogen-bond donors (Lipinski definition) is 1. The first kappa shape index (κ1) is 8.69. The highest BCUT2D eigenvalue weighted by Crippen LogP contribution is 2.24. The molecule has 1 saturated carbocycles. The van der Waals surface area contributed by atoms with Gasteiger partial charge in [0.05, 0.1) is 6.54 Å². The van der Waals surface area contributed by atoms with Gasteiger partial charge in [-0.15, -0.1) is 0 Å². The molecule has 4 heteroatoms. The van der Waals surface area contributed by atoms with Crippen molar-refractivity contribution < 1.29 is 4.52 Å². The summed E-state index contributed by atoms with van der Waals surface area (Å²) in [6.07, 6.45) is 5.32. The van der Waals surface area contributed by atoms with E-state index in [0.717, 1.165) is 18.3 Å². The van der Waals surface area contributed by atoms with E-state index >= 15 is 0 Å². The maximum atomic E-state index is 4.66. The van der Waals surface area contributed by atoms with Crippen molar-refractivity contribution >= 4 is 0 Å². The molecule has 1 aromatic rings. The lowest BCUT2D eigenvalue weighted by Gasteiger charge is -2.15. The molecular formula is C9H15N3O. The van der Waals surface area contributed by atoms with Crippen molar-refractivity contribution in [3.05, 3.63) is 12.2 Å². The number of hydrogen-bond acceptors (Lipinski definition) is 4. The van der Waals surface area contributed by atoms with Gasteiger partial charge in [0.2, 0.25) is 6.39 Å². The summed E-state index contributed by atoms with van der Waals surface area (Å²) >= 11 is 0. The predicted octanol–water partition coefficient (Wildman–Crippen LogP) is 1.35. The van der Waals surface area contributed by atoms with Gasteiger partial charge in [-0.25, -0.2) is 0 Å². The Labute approximate surface area is 77.7 Å². The van der Waals surface area contributed by atoms with Gasteiger partial charge in [0.25, 0.3) is 0 Å². The maximum absolute atomic E-state index is 4.66. The van der Waals surface area contributed by atoms with Crippen LogP contribution in [0.3, 0.4) is 0 Å². The van der Waals surface area contributed by atoms with Gasteiger partial charge in [0.1, 0.15) is 0 Å². The van der Waals surface area contributed by atoms with Gasteiger partial charge in [0.15, 0.2) is 5.82 Å². The summed E-state index contributed by atoms with van der Waals surface area (Å²) in [5.74, 6) is 1.53. The van der Waals surface area contributed by atoms with Gasteiger partial charge in [-0.1, -0.05) is 18.5 Å². The van der Waals surface area contributed by atoms with E-state index in [2.05, 4.69) is 26.9 Å². The summed E-state index contributed by atoms with van der Waals surface area (Å²) in [4.78, 5) is 3.96. The predicted molar refractivity (Wildman–Crippen MR) is 47.9 cm³/mol. The van der Waals surface area contributed by atoms with Crippen LogP contribution in [-0.2, 0) is 6.54 Å². The van der Waals surface area contributed by atoms with Gasteiger partial charge in [-0.3, -0.25) is 0 Å². The maximum Gasteiger partial charge on any atom is 0.213 e. The molecule has 0 spiro atoms. The molecule has 0 saturated heterocycles. The molecule has 2 unspecified atom stereocenters. The zero-order valence-electron chi connectivity index (χ0n) is 7.86. The van der Waals surface area contributed by atoms with Crippen LogP contribution < -0.4 is 5.32 Å². The Morgan fingerprint density at radius 1 is 1.62 bits per heavy atom. The zero-order chi connectivity index (χ0) is 9.10. The third-order valence-corrected chi connectivity index (χ3v) is 2.79. The van der Waals surface area contributed by atoms with E-state index in [9.17, 15) is 0 Å². The van der Waals surface area contributed by atoms with Crippen LogP contribution in [0.1, 0.15) is 32.0 Å². The standard InChI is InChI=1S/C9H15N3O/c1-7-3-2-4-8(7)10-5-9-11-6-13-12-9/h6-8,10H,2-5H2,1H3. The van der Waals surface area contributed by atoms with Crippen molar-refractivity contribution in [1.82, 2.24) is 15.5 Å². The van der Waals surface area contributed by atoms with Crippen molar-refractivity contribution in [3.8, 4) is 0 Å². The molecule has 1 aliphatic rings. The van der Waals surface area contributed by atoms with Crippen LogP contribution >= 0.6 is 0 Å². The first-order chi connectivity index (χ1) is 6.36. The third-order valence-electron chi connectivity index (χ3n) is 2.79. The van der Waals surface area contributed by atoms with Crippen LogP contribution in [0.2, 0.25) is 0 Å². The molecule has 0 bridgehead atoms. The van der Waals surface area contributed by atoms with Crippen LogP contribution in [-0.4, -0.2) is 16.2 Å². The second-order valence-corrected chi connectivity index (χ2v) is 3.74. The minimum Gasteiger partial charge on any atom is -0.343 e. The van der Waals surface area contributed by atoms with Crippen LogP contribution in [0.5, 0.6) is 0 Å². The number of nitrogens with one attached hydrogen (secondary N) is 1. The molecule has 1 N–H and O–H groups in total. The van der Waals surface area contributed by atoms with Crippen molar-refractivity contribution in [1.29, 1.82) is 0 Å². The van der Waals surface area contributed by atoms with Crippen molar-refractivity contribution in [2.24, 2.45) is 5.92 Å². The van der Waals surface area contributed by atoms with Crippen LogP contribution in [0.4, 0.5) is 0 Å². The lowest BCUT2D eigenvalue weighted by molar-refractivity contribution is 0.391. The molecule has 1 aliphatic carbocycles. The minimum absolute atomic E-state index is 0.637. The summed E-state index contributed by atoms with van der Waals surface area (Å²) in [6.45, 7) is 3.02. The summed E-state index contributed by atoms with van der Waals surface area (Å²) in [5, 5.41) is 7.20. The molecule has 4 nitrogen and oxygen atoms in total. The summed E-state index contributed by atoms with van der Waals surface area (Å²) in [7, 11) is 0. The molecule has 1 aromatic heterocycles. The van der Waals surface area contributed by atoms with Gasteiger partial charge in [-0.05, 0) is 18.8 Å². The van der Waals surface area contributed by atoms with Crippen molar-refractivity contribution in [2.45, 2.75) is 38.8 Å². The van der Waals surface area contributed by atoms with E-state index in [1.54, 1.807) is 0 Å². The summed E-state index contributed by atoms with van der Waals surface area (Å²) < 4.78 is 4.66. The van der Waals surface area contributed by atoms with Crippen molar-refractivity contribution in [3.63, 3.8) is 0 Å². The fourth-order valence-electron chi connectivity index (χ4n) is 1.94. The fraction of sp³-hybridized carbons (Fsp3) is 0.778. The molecule has 1 heterocycles. The fourth-order valence-corrected chi connectivity index (χ4v) is 1.94. The van der Waals surface area contributed by atoms with Gasteiger partial charge < -0.3 is 9.84 Å². The average molecular weight is 181 g/mol. The van der Waals surface area contributed by atoms with Gasteiger partial charge in [-0.2, -0.15) is 4.98 Å². The topological polar surface area (TPSA) is 51.0 Å². The highest BCUT2D eigenvalue weighted by molar-refractivity contribution is 4.84. The molecule has 1 fully saturated rings. The minimum atomic E-state index is 0.637. The smallest absolute Gasteiger partial charge is 0.213 e. The normalized spacial score (nSPS) is 28.1. The number of rotatable bonds is 3. The SMILES string of the molecule is CC1CCCC1NCc1ncon1. The molecule has 2 rings (SSSR count). The molecule has 2 atom stereocenters. The Morgan fingerprint density at radius 3 is 3.15 bits per heavy atom. The monoisotopic (exact) mass is 181 g/mol. The van der Waals surface area contributed by atoms with E-state index in [1.807, 2.05) is 0 Å². The van der Waals surface area contributed by atoms with E-state index in [4.69, 9.17) is 0 Å². The highest BCUT2D eigenvalue weighted by atomic mass is 16.5. The van der Waals surface area contributed by atoms with E-state index in [1.165, 1.54) is 25.7 Å². The Hall–Kier alpha value is -0.900. The second kappa shape index (κ2) is 3.87. The molecule has 72 valence electrons. The van der Waals surface area contributed by atoms with Crippen LogP contribution in [0.15, 0.2) is 10.9 Å².